The Morgan fingerprint density at radius 1 is 0.871 bits per heavy atom. The molecule has 6 nitrogen and oxygen atoms in total. The van der Waals surface area contributed by atoms with Gasteiger partial charge in [0.2, 0.25) is 0 Å². The minimum atomic E-state index is 0.0858. The Labute approximate surface area is 185 Å². The molecule has 31 heavy (non-hydrogen) atoms. The van der Waals surface area contributed by atoms with Crippen LogP contribution in [0.3, 0.4) is 0 Å². The number of aromatic nitrogens is 3. The van der Waals surface area contributed by atoms with E-state index in [0.717, 1.165) is 54.3 Å². The van der Waals surface area contributed by atoms with E-state index in [1.165, 1.54) is 0 Å². The highest BCUT2D eigenvalue weighted by Crippen LogP contribution is 2.24. The van der Waals surface area contributed by atoms with Gasteiger partial charge in [0.25, 0.3) is 5.91 Å². The van der Waals surface area contributed by atoms with Gasteiger partial charge in [-0.15, -0.1) is 0 Å². The number of carbonyl (C=O) groups excluding carboxylic acids is 1. The standard InChI is InChI=1S/C24H22ClN5O/c1-28-12-14-29(15-13-28)24(31)19-4-2-17(3-5-19)21-10-11-23-26-16-22(30(23)27-21)18-6-8-20(25)9-7-18/h2-11,16H,12-15H2,1H3. The topological polar surface area (TPSA) is 53.7 Å². The average molecular weight is 432 g/mol. The quantitative estimate of drug-likeness (QED) is 0.490. The van der Waals surface area contributed by atoms with Gasteiger partial charge >= 0.3 is 0 Å². The molecule has 5 rings (SSSR count). The van der Waals surface area contributed by atoms with E-state index in [4.69, 9.17) is 16.7 Å². The summed E-state index contributed by atoms with van der Waals surface area (Å²) < 4.78 is 1.84. The Bertz CT molecular complexity index is 1230. The van der Waals surface area contributed by atoms with Crippen LogP contribution >= 0.6 is 11.6 Å². The Morgan fingerprint density at radius 2 is 1.55 bits per heavy atom. The van der Waals surface area contributed by atoms with Gasteiger partial charge in [0.1, 0.15) is 0 Å². The number of rotatable bonds is 3. The molecule has 0 spiro atoms. The zero-order valence-corrected chi connectivity index (χ0v) is 18.0. The second kappa shape index (κ2) is 8.13. The minimum Gasteiger partial charge on any atom is -0.336 e. The molecule has 0 saturated carbocycles. The highest BCUT2D eigenvalue weighted by molar-refractivity contribution is 6.30. The molecule has 7 heteroatoms. The summed E-state index contributed by atoms with van der Waals surface area (Å²) in [6.07, 6.45) is 1.81. The van der Waals surface area contributed by atoms with Crippen LogP contribution in [-0.2, 0) is 0 Å². The smallest absolute Gasteiger partial charge is 0.253 e. The summed E-state index contributed by atoms with van der Waals surface area (Å²) in [5, 5.41) is 5.49. The Hall–Kier alpha value is -3.22. The zero-order valence-electron chi connectivity index (χ0n) is 17.2. The number of piperazine rings is 1. The average Bonchev–Trinajstić information content (AvgIpc) is 3.23. The molecule has 2 aromatic heterocycles. The molecule has 156 valence electrons. The summed E-state index contributed by atoms with van der Waals surface area (Å²) in [6.45, 7) is 3.36. The second-order valence-corrected chi connectivity index (χ2v) is 8.25. The molecule has 1 aliphatic rings. The van der Waals surface area contributed by atoms with Gasteiger partial charge < -0.3 is 9.80 Å². The van der Waals surface area contributed by atoms with Crippen LogP contribution in [0.2, 0.25) is 5.02 Å². The molecule has 1 saturated heterocycles. The van der Waals surface area contributed by atoms with Crippen LogP contribution in [0.25, 0.3) is 28.2 Å². The number of halogens is 1. The van der Waals surface area contributed by atoms with Gasteiger partial charge in [-0.1, -0.05) is 35.9 Å². The van der Waals surface area contributed by atoms with Crippen molar-refractivity contribution in [1.29, 1.82) is 0 Å². The van der Waals surface area contributed by atoms with Gasteiger partial charge in [-0.3, -0.25) is 4.79 Å². The number of benzene rings is 2. The molecule has 0 aliphatic carbocycles. The molecule has 1 aliphatic heterocycles. The van der Waals surface area contributed by atoms with Crippen molar-refractivity contribution in [1.82, 2.24) is 24.4 Å². The lowest BCUT2D eigenvalue weighted by atomic mass is 10.1. The third-order valence-corrected chi connectivity index (χ3v) is 5.97. The molecule has 0 atom stereocenters. The number of likely N-dealkylation sites (N-methyl/N-ethyl adjacent to an activating group) is 1. The minimum absolute atomic E-state index is 0.0858. The Kier molecular flexibility index (Phi) is 5.18. The fourth-order valence-electron chi connectivity index (χ4n) is 3.82. The maximum atomic E-state index is 12.8. The molecule has 1 amide bonds. The highest BCUT2D eigenvalue weighted by atomic mass is 35.5. The Balaban J connectivity index is 1.42. The van der Waals surface area contributed by atoms with Crippen molar-refractivity contribution in [2.75, 3.05) is 33.2 Å². The van der Waals surface area contributed by atoms with Crippen LogP contribution in [0.1, 0.15) is 10.4 Å². The summed E-state index contributed by atoms with van der Waals surface area (Å²) in [5.74, 6) is 0.0858. The van der Waals surface area contributed by atoms with Gasteiger partial charge in [-0.2, -0.15) is 5.10 Å². The van der Waals surface area contributed by atoms with Crippen molar-refractivity contribution in [2.45, 2.75) is 0 Å². The lowest BCUT2D eigenvalue weighted by Gasteiger charge is -2.32. The van der Waals surface area contributed by atoms with E-state index < -0.39 is 0 Å². The predicted octanol–water partition coefficient (Wildman–Crippen LogP) is 4.10. The van der Waals surface area contributed by atoms with Crippen LogP contribution in [0.4, 0.5) is 0 Å². The number of fused-ring (bicyclic) bond motifs is 1. The molecule has 3 heterocycles. The molecular weight excluding hydrogens is 410 g/mol. The third-order valence-electron chi connectivity index (χ3n) is 5.72. The number of hydrogen-bond donors (Lipinski definition) is 0. The first-order valence-electron chi connectivity index (χ1n) is 10.3. The van der Waals surface area contributed by atoms with Gasteiger partial charge in [0.15, 0.2) is 5.65 Å². The van der Waals surface area contributed by atoms with E-state index in [0.29, 0.717) is 10.6 Å². The summed E-state index contributed by atoms with van der Waals surface area (Å²) in [5.41, 5.74) is 5.14. The van der Waals surface area contributed by atoms with Crippen molar-refractivity contribution in [3.05, 3.63) is 77.4 Å². The number of carbonyl (C=O) groups is 1. The normalized spacial score (nSPS) is 14.8. The van der Waals surface area contributed by atoms with Crippen LogP contribution < -0.4 is 0 Å². The first-order chi connectivity index (χ1) is 15.1. The van der Waals surface area contributed by atoms with Crippen LogP contribution in [-0.4, -0.2) is 63.5 Å². The number of nitrogens with zero attached hydrogens (tertiary/aromatic N) is 5. The fraction of sp³-hybridized carbons (Fsp3) is 0.208. The summed E-state index contributed by atoms with van der Waals surface area (Å²) in [7, 11) is 2.08. The monoisotopic (exact) mass is 431 g/mol. The molecule has 0 N–H and O–H groups in total. The first-order valence-corrected chi connectivity index (χ1v) is 10.7. The molecule has 4 aromatic rings. The SMILES string of the molecule is CN1CCN(C(=O)c2ccc(-c3ccc4ncc(-c5ccc(Cl)cc5)n4n3)cc2)CC1. The molecule has 0 bridgehead atoms. The van der Waals surface area contributed by atoms with Crippen molar-refractivity contribution in [3.8, 4) is 22.5 Å². The number of amides is 1. The Morgan fingerprint density at radius 3 is 2.26 bits per heavy atom. The van der Waals surface area contributed by atoms with E-state index in [1.54, 1.807) is 0 Å². The summed E-state index contributed by atoms with van der Waals surface area (Å²) in [4.78, 5) is 21.4. The van der Waals surface area contributed by atoms with E-state index in [2.05, 4.69) is 16.9 Å². The largest absolute Gasteiger partial charge is 0.336 e. The first kappa shape index (κ1) is 19.7. The van der Waals surface area contributed by atoms with E-state index in [1.807, 2.05) is 76.3 Å². The number of imidazole rings is 1. The van der Waals surface area contributed by atoms with E-state index in [-0.39, 0.29) is 5.91 Å². The van der Waals surface area contributed by atoms with Crippen molar-refractivity contribution < 1.29 is 4.79 Å². The van der Waals surface area contributed by atoms with Crippen molar-refractivity contribution in [3.63, 3.8) is 0 Å². The van der Waals surface area contributed by atoms with Gasteiger partial charge in [0.05, 0.1) is 17.6 Å². The van der Waals surface area contributed by atoms with Crippen molar-refractivity contribution >= 4 is 23.2 Å². The second-order valence-electron chi connectivity index (χ2n) is 7.81. The molecule has 2 aromatic carbocycles. The summed E-state index contributed by atoms with van der Waals surface area (Å²) in [6, 6.07) is 19.2. The molecule has 0 unspecified atom stereocenters. The molecule has 0 radical (unpaired) electrons. The van der Waals surface area contributed by atoms with Crippen LogP contribution in [0, 0.1) is 0 Å². The number of hydrogen-bond acceptors (Lipinski definition) is 4. The maximum Gasteiger partial charge on any atom is 0.253 e. The molecular formula is C24H22ClN5O. The lowest BCUT2D eigenvalue weighted by molar-refractivity contribution is 0.0664. The fourth-order valence-corrected chi connectivity index (χ4v) is 3.95. The zero-order chi connectivity index (χ0) is 21.4. The van der Waals surface area contributed by atoms with Gasteiger partial charge in [-0.05, 0) is 43.4 Å². The van der Waals surface area contributed by atoms with Crippen LogP contribution in [0.5, 0.6) is 0 Å². The predicted molar refractivity (Wildman–Crippen MR) is 122 cm³/mol. The molecule has 1 fully saturated rings. The highest BCUT2D eigenvalue weighted by Gasteiger charge is 2.20. The van der Waals surface area contributed by atoms with Gasteiger partial charge in [0, 0.05) is 47.9 Å². The van der Waals surface area contributed by atoms with Gasteiger partial charge in [-0.25, -0.2) is 9.50 Å². The van der Waals surface area contributed by atoms with E-state index in [9.17, 15) is 4.79 Å². The van der Waals surface area contributed by atoms with Crippen LogP contribution in [0.15, 0.2) is 66.9 Å². The summed E-state index contributed by atoms with van der Waals surface area (Å²) >= 11 is 6.02. The van der Waals surface area contributed by atoms with E-state index >= 15 is 0 Å². The van der Waals surface area contributed by atoms with Crippen molar-refractivity contribution in [2.24, 2.45) is 0 Å². The lowest BCUT2D eigenvalue weighted by Crippen LogP contribution is -2.47. The maximum absolute atomic E-state index is 12.8. The third kappa shape index (κ3) is 3.92.